The number of nitrogens with one attached hydrogen (secondary N) is 2. The highest BCUT2D eigenvalue weighted by Crippen LogP contribution is 2.26. The van der Waals surface area contributed by atoms with Gasteiger partial charge >= 0.3 is 0 Å². The smallest absolute Gasteiger partial charge is 0.222 e. The van der Waals surface area contributed by atoms with Crippen LogP contribution >= 0.6 is 12.2 Å². The molecule has 1 aromatic carbocycles. The van der Waals surface area contributed by atoms with Gasteiger partial charge in [0.05, 0.1) is 0 Å². The second-order valence-corrected chi connectivity index (χ2v) is 4.44. The summed E-state index contributed by atoms with van der Waals surface area (Å²) in [6, 6.07) is 8.00. The summed E-state index contributed by atoms with van der Waals surface area (Å²) in [7, 11) is 0. The number of amides is 1. The summed E-state index contributed by atoms with van der Waals surface area (Å²) in [6.45, 7) is 5.75. The molecule has 4 heteroatoms. The minimum absolute atomic E-state index is 0.163. The maximum absolute atomic E-state index is 10.9. The second kappa shape index (κ2) is 6.35. The molecule has 0 aliphatic heterocycles. The molecule has 2 N–H and O–H groups in total. The van der Waals surface area contributed by atoms with Gasteiger partial charge in [-0.15, -0.1) is 0 Å². The average Bonchev–Trinajstić information content (AvgIpc) is 2.27. The standard InChI is InChI=1S/C13H18N2OS/c1-4-9(2)11-7-5-6-8-12(11)15-13(17)14-10(3)16/h5-9H,4H2,1-3H3,(H2,14,15,16,17)/t9-/m0/s1. The minimum atomic E-state index is -0.163. The van der Waals surface area contributed by atoms with E-state index in [0.717, 1.165) is 12.1 Å². The van der Waals surface area contributed by atoms with Crippen LogP contribution in [0.2, 0.25) is 0 Å². The van der Waals surface area contributed by atoms with Gasteiger partial charge in [-0.05, 0) is 36.2 Å². The Morgan fingerprint density at radius 1 is 1.41 bits per heavy atom. The molecule has 0 heterocycles. The summed E-state index contributed by atoms with van der Waals surface area (Å²) in [5, 5.41) is 5.95. The topological polar surface area (TPSA) is 41.1 Å². The van der Waals surface area contributed by atoms with Crippen LogP contribution in [0.4, 0.5) is 5.69 Å². The third-order valence-electron chi connectivity index (χ3n) is 2.64. The van der Waals surface area contributed by atoms with Crippen molar-refractivity contribution < 1.29 is 4.79 Å². The van der Waals surface area contributed by atoms with Crippen molar-refractivity contribution in [3.63, 3.8) is 0 Å². The molecule has 1 amide bonds. The van der Waals surface area contributed by atoms with Crippen LogP contribution in [-0.4, -0.2) is 11.0 Å². The van der Waals surface area contributed by atoms with E-state index in [1.807, 2.05) is 18.2 Å². The molecule has 1 atom stereocenters. The Morgan fingerprint density at radius 2 is 2.06 bits per heavy atom. The molecular weight excluding hydrogens is 232 g/mol. The Kier molecular flexibility index (Phi) is 5.10. The molecule has 0 saturated heterocycles. The quantitative estimate of drug-likeness (QED) is 0.810. The molecule has 0 aliphatic carbocycles. The van der Waals surface area contributed by atoms with Crippen molar-refractivity contribution in [2.75, 3.05) is 5.32 Å². The van der Waals surface area contributed by atoms with E-state index in [1.165, 1.54) is 12.5 Å². The fourth-order valence-corrected chi connectivity index (χ4v) is 1.83. The number of benzene rings is 1. The number of rotatable bonds is 3. The van der Waals surface area contributed by atoms with Crippen molar-refractivity contribution in [3.8, 4) is 0 Å². The normalized spacial score (nSPS) is 11.7. The number of para-hydroxylation sites is 1. The summed E-state index contributed by atoms with van der Waals surface area (Å²) in [5.41, 5.74) is 2.17. The first-order valence-corrected chi connectivity index (χ1v) is 6.13. The number of carbonyl (C=O) groups is 1. The molecular formula is C13H18N2OS. The molecule has 0 spiro atoms. The van der Waals surface area contributed by atoms with Crippen LogP contribution in [0.3, 0.4) is 0 Å². The first kappa shape index (κ1) is 13.6. The van der Waals surface area contributed by atoms with Gasteiger partial charge in [-0.1, -0.05) is 32.0 Å². The monoisotopic (exact) mass is 250 g/mol. The highest BCUT2D eigenvalue weighted by Gasteiger charge is 2.09. The van der Waals surface area contributed by atoms with Gasteiger partial charge in [-0.3, -0.25) is 4.79 Å². The molecule has 0 radical (unpaired) electrons. The van der Waals surface area contributed by atoms with Crippen molar-refractivity contribution in [1.29, 1.82) is 0 Å². The van der Waals surface area contributed by atoms with Gasteiger partial charge in [0.2, 0.25) is 5.91 Å². The molecule has 92 valence electrons. The van der Waals surface area contributed by atoms with Crippen LogP contribution in [0.25, 0.3) is 0 Å². The molecule has 0 aliphatic rings. The van der Waals surface area contributed by atoms with Crippen LogP contribution in [0, 0.1) is 0 Å². The molecule has 0 aromatic heterocycles. The number of thiocarbonyl (C=S) groups is 1. The first-order valence-electron chi connectivity index (χ1n) is 5.72. The SMILES string of the molecule is CC[C@H](C)c1ccccc1NC(=S)NC(C)=O. The summed E-state index contributed by atoms with van der Waals surface area (Å²) in [6.07, 6.45) is 1.06. The van der Waals surface area contributed by atoms with E-state index in [2.05, 4.69) is 30.5 Å². The average molecular weight is 250 g/mol. The van der Waals surface area contributed by atoms with Gasteiger partial charge in [-0.2, -0.15) is 0 Å². The lowest BCUT2D eigenvalue weighted by atomic mass is 9.97. The lowest BCUT2D eigenvalue weighted by molar-refractivity contribution is -0.117. The zero-order valence-electron chi connectivity index (χ0n) is 10.4. The Balaban J connectivity index is 2.83. The van der Waals surface area contributed by atoms with Gasteiger partial charge in [0, 0.05) is 12.6 Å². The highest BCUT2D eigenvalue weighted by atomic mass is 32.1. The molecule has 17 heavy (non-hydrogen) atoms. The molecule has 0 saturated carbocycles. The van der Waals surface area contributed by atoms with E-state index in [-0.39, 0.29) is 5.91 Å². The lowest BCUT2D eigenvalue weighted by Crippen LogP contribution is -2.32. The van der Waals surface area contributed by atoms with Crippen LogP contribution in [0.1, 0.15) is 38.7 Å². The Hall–Kier alpha value is -1.42. The first-order chi connectivity index (χ1) is 8.04. The minimum Gasteiger partial charge on any atom is -0.332 e. The third kappa shape index (κ3) is 4.15. The van der Waals surface area contributed by atoms with Crippen LogP contribution < -0.4 is 10.6 Å². The van der Waals surface area contributed by atoms with Gasteiger partial charge in [0.25, 0.3) is 0 Å². The lowest BCUT2D eigenvalue weighted by Gasteiger charge is -2.16. The second-order valence-electron chi connectivity index (χ2n) is 4.03. The summed E-state index contributed by atoms with van der Waals surface area (Å²) in [4.78, 5) is 10.9. The summed E-state index contributed by atoms with van der Waals surface area (Å²) < 4.78 is 0. The molecule has 1 rings (SSSR count). The fourth-order valence-electron chi connectivity index (χ4n) is 1.57. The maximum Gasteiger partial charge on any atom is 0.222 e. The van der Waals surface area contributed by atoms with E-state index in [4.69, 9.17) is 12.2 Å². The molecule has 0 unspecified atom stereocenters. The Bertz CT molecular complexity index is 418. The van der Waals surface area contributed by atoms with Gasteiger partial charge < -0.3 is 10.6 Å². The zero-order chi connectivity index (χ0) is 12.8. The van der Waals surface area contributed by atoms with Crippen molar-refractivity contribution in [1.82, 2.24) is 5.32 Å². The van der Waals surface area contributed by atoms with Crippen molar-refractivity contribution in [2.24, 2.45) is 0 Å². The molecule has 0 fully saturated rings. The summed E-state index contributed by atoms with van der Waals surface area (Å²) in [5.74, 6) is 0.294. The van der Waals surface area contributed by atoms with Gasteiger partial charge in [0.15, 0.2) is 5.11 Å². The van der Waals surface area contributed by atoms with Gasteiger partial charge in [-0.25, -0.2) is 0 Å². The van der Waals surface area contributed by atoms with E-state index in [0.29, 0.717) is 11.0 Å². The predicted molar refractivity (Wildman–Crippen MR) is 75.2 cm³/mol. The molecule has 1 aromatic rings. The Morgan fingerprint density at radius 3 is 2.65 bits per heavy atom. The van der Waals surface area contributed by atoms with Crippen LogP contribution in [-0.2, 0) is 4.79 Å². The van der Waals surface area contributed by atoms with Crippen molar-refractivity contribution >= 4 is 28.9 Å². The maximum atomic E-state index is 10.9. The van der Waals surface area contributed by atoms with E-state index < -0.39 is 0 Å². The van der Waals surface area contributed by atoms with E-state index in [9.17, 15) is 4.79 Å². The largest absolute Gasteiger partial charge is 0.332 e. The number of hydrogen-bond acceptors (Lipinski definition) is 2. The van der Waals surface area contributed by atoms with E-state index >= 15 is 0 Å². The van der Waals surface area contributed by atoms with Crippen molar-refractivity contribution in [3.05, 3.63) is 29.8 Å². The van der Waals surface area contributed by atoms with Crippen LogP contribution in [0.5, 0.6) is 0 Å². The Labute approximate surface area is 108 Å². The fraction of sp³-hybridized carbons (Fsp3) is 0.385. The van der Waals surface area contributed by atoms with Crippen molar-refractivity contribution in [2.45, 2.75) is 33.1 Å². The van der Waals surface area contributed by atoms with E-state index in [1.54, 1.807) is 0 Å². The molecule has 3 nitrogen and oxygen atoms in total. The number of hydrogen-bond donors (Lipinski definition) is 2. The van der Waals surface area contributed by atoms with Crippen LogP contribution in [0.15, 0.2) is 24.3 Å². The molecule has 0 bridgehead atoms. The number of anilines is 1. The van der Waals surface area contributed by atoms with Gasteiger partial charge in [0.1, 0.15) is 0 Å². The zero-order valence-corrected chi connectivity index (χ0v) is 11.2. The highest BCUT2D eigenvalue weighted by molar-refractivity contribution is 7.80. The number of carbonyl (C=O) groups excluding carboxylic acids is 1. The third-order valence-corrected chi connectivity index (χ3v) is 2.85. The predicted octanol–water partition coefficient (Wildman–Crippen LogP) is 3.03. The summed E-state index contributed by atoms with van der Waals surface area (Å²) >= 11 is 5.05.